The minimum Gasteiger partial charge on any atom is -0.508 e. The van der Waals surface area contributed by atoms with E-state index in [0.29, 0.717) is 55.8 Å². The van der Waals surface area contributed by atoms with Gasteiger partial charge in [0.1, 0.15) is 28.6 Å². The summed E-state index contributed by atoms with van der Waals surface area (Å²) in [5.41, 5.74) is 4.18. The van der Waals surface area contributed by atoms with Crippen molar-refractivity contribution in [3.63, 3.8) is 0 Å². The van der Waals surface area contributed by atoms with Gasteiger partial charge in [0, 0.05) is 61.6 Å². The van der Waals surface area contributed by atoms with Crippen LogP contribution in [0.4, 0.5) is 4.39 Å². The van der Waals surface area contributed by atoms with Crippen LogP contribution < -0.4 is 20.7 Å². The van der Waals surface area contributed by atoms with Crippen molar-refractivity contribution >= 4 is 11.8 Å². The maximum atomic E-state index is 14.4. The average molecular weight is 696 g/mol. The van der Waals surface area contributed by atoms with Crippen LogP contribution in [0.2, 0.25) is 0 Å². The van der Waals surface area contributed by atoms with E-state index in [9.17, 15) is 19.1 Å². The molecule has 0 bridgehead atoms. The molecule has 0 spiro atoms. The third-order valence-electron chi connectivity index (χ3n) is 10.1. The number of aromatic nitrogens is 3. The van der Waals surface area contributed by atoms with E-state index in [0.717, 1.165) is 73.5 Å². The SMILES string of the molecule is C[C@@H]1CN(Cc2cc(-c3cccc(Oc4ncc(F)cc4C(=O)N[C@H]4CC[C@H](NC(=O)c5cc6n(n5)CCCC6)CC4)c3)ccc2O)C[C@H](C)N1. The van der Waals surface area contributed by atoms with Crippen LogP contribution in [0.3, 0.4) is 0 Å². The lowest BCUT2D eigenvalue weighted by Crippen LogP contribution is -2.53. The van der Waals surface area contributed by atoms with E-state index in [1.807, 2.05) is 41.1 Å². The number of nitrogens with one attached hydrogen (secondary N) is 3. The number of piperazine rings is 1. The van der Waals surface area contributed by atoms with Crippen molar-refractivity contribution < 1.29 is 23.8 Å². The van der Waals surface area contributed by atoms with Gasteiger partial charge in [-0.1, -0.05) is 18.2 Å². The molecule has 1 aliphatic carbocycles. The number of aromatic hydroxyl groups is 1. The molecular weight excluding hydrogens is 649 g/mol. The predicted molar refractivity (Wildman–Crippen MR) is 191 cm³/mol. The molecule has 0 unspecified atom stereocenters. The van der Waals surface area contributed by atoms with Gasteiger partial charge in [0.25, 0.3) is 11.8 Å². The Bertz CT molecular complexity index is 1860. The Morgan fingerprint density at radius 2 is 1.67 bits per heavy atom. The zero-order chi connectivity index (χ0) is 35.5. The van der Waals surface area contributed by atoms with Crippen LogP contribution in [0.15, 0.2) is 60.8 Å². The van der Waals surface area contributed by atoms with E-state index in [-0.39, 0.29) is 35.2 Å². The number of nitrogens with zero attached hydrogens (tertiary/aromatic N) is 4. The van der Waals surface area contributed by atoms with Gasteiger partial charge in [0.2, 0.25) is 5.88 Å². The number of halogens is 1. The van der Waals surface area contributed by atoms with E-state index in [2.05, 4.69) is 44.8 Å². The summed E-state index contributed by atoms with van der Waals surface area (Å²) in [7, 11) is 0. The normalized spacial score (nSPS) is 22.2. The summed E-state index contributed by atoms with van der Waals surface area (Å²) < 4.78 is 22.5. The van der Waals surface area contributed by atoms with Gasteiger partial charge in [0.05, 0.1) is 6.20 Å². The molecule has 2 aromatic heterocycles. The van der Waals surface area contributed by atoms with Crippen molar-refractivity contribution in [1.82, 2.24) is 35.6 Å². The number of carbonyl (C=O) groups excluding carboxylic acids is 2. The van der Waals surface area contributed by atoms with E-state index in [1.54, 1.807) is 12.1 Å². The number of pyridine rings is 1. The molecule has 3 aliphatic rings. The first-order valence-corrected chi connectivity index (χ1v) is 18.1. The minimum atomic E-state index is -0.640. The minimum absolute atomic E-state index is 0.00288. The molecule has 2 atom stereocenters. The lowest BCUT2D eigenvalue weighted by atomic mass is 9.91. The number of amides is 2. The van der Waals surface area contributed by atoms with Gasteiger partial charge < -0.3 is 25.8 Å². The third-order valence-corrected chi connectivity index (χ3v) is 10.1. The van der Waals surface area contributed by atoms with Gasteiger partial charge in [-0.25, -0.2) is 9.37 Å². The molecule has 1 saturated heterocycles. The summed E-state index contributed by atoms with van der Waals surface area (Å²) in [6.45, 7) is 7.60. The number of phenolic OH excluding ortho intramolecular Hbond substituents is 1. The van der Waals surface area contributed by atoms with Crippen molar-refractivity contribution in [2.45, 2.75) is 96.1 Å². The van der Waals surface area contributed by atoms with Crippen LogP contribution >= 0.6 is 0 Å². The first-order valence-electron chi connectivity index (χ1n) is 18.1. The van der Waals surface area contributed by atoms with Crippen molar-refractivity contribution in [2.24, 2.45) is 0 Å². The Labute approximate surface area is 297 Å². The summed E-state index contributed by atoms with van der Waals surface area (Å²) in [6.07, 6.45) is 6.91. The van der Waals surface area contributed by atoms with E-state index >= 15 is 0 Å². The van der Waals surface area contributed by atoms with Crippen LogP contribution in [0.5, 0.6) is 17.4 Å². The second-order valence-electron chi connectivity index (χ2n) is 14.3. The molecule has 2 fully saturated rings. The second kappa shape index (κ2) is 15.2. The van der Waals surface area contributed by atoms with Gasteiger partial charge in [-0.2, -0.15) is 5.10 Å². The van der Waals surface area contributed by atoms with E-state index < -0.39 is 11.7 Å². The molecule has 0 radical (unpaired) electrons. The van der Waals surface area contributed by atoms with Crippen LogP contribution in [0.1, 0.15) is 84.5 Å². The standard InChI is InChI=1S/C39H46FN7O4/c1-24-21-46(22-25(2)42-24)23-28-16-27(9-14-36(28)48)26-6-5-8-33(17-26)51-39-34(18-29(40)20-41-39)37(49)43-30-10-12-31(13-11-30)44-38(50)35-19-32-7-3-4-15-47(32)45-35/h5-6,8-9,14,16-20,24-25,30-31,42,48H,3-4,7,10-13,15,21-23H2,1-2H3,(H,43,49)(H,44,50)/t24-,25+,30-,31-. The van der Waals surface area contributed by atoms with Crippen LogP contribution in [-0.4, -0.2) is 73.8 Å². The lowest BCUT2D eigenvalue weighted by Gasteiger charge is -2.36. The molecule has 4 aromatic rings. The Balaban J connectivity index is 0.975. The molecule has 2 amide bonds. The first kappa shape index (κ1) is 34.6. The number of hydrogen-bond acceptors (Lipinski definition) is 8. The molecule has 1 saturated carbocycles. The van der Waals surface area contributed by atoms with E-state index in [4.69, 9.17) is 4.74 Å². The molecule has 11 nitrogen and oxygen atoms in total. The molecule has 2 aliphatic heterocycles. The Morgan fingerprint density at radius 3 is 2.41 bits per heavy atom. The molecular formula is C39H46FN7O4. The van der Waals surface area contributed by atoms with Crippen molar-refractivity contribution in [2.75, 3.05) is 13.1 Å². The van der Waals surface area contributed by atoms with Crippen molar-refractivity contribution in [3.8, 4) is 28.5 Å². The van der Waals surface area contributed by atoms with Gasteiger partial charge in [-0.05, 0) is 106 Å². The second-order valence-corrected chi connectivity index (χ2v) is 14.3. The quantitative estimate of drug-likeness (QED) is 0.179. The predicted octanol–water partition coefficient (Wildman–Crippen LogP) is 5.57. The fraction of sp³-hybridized carbons (Fsp3) is 0.436. The topological polar surface area (TPSA) is 134 Å². The monoisotopic (exact) mass is 695 g/mol. The Morgan fingerprint density at radius 1 is 0.941 bits per heavy atom. The fourth-order valence-electron chi connectivity index (χ4n) is 7.66. The summed E-state index contributed by atoms with van der Waals surface area (Å²) in [5, 5.41) is 24.8. The molecule has 268 valence electrons. The Hall–Kier alpha value is -4.81. The molecule has 4 heterocycles. The summed E-state index contributed by atoms with van der Waals surface area (Å²) in [6, 6.07) is 16.6. The summed E-state index contributed by atoms with van der Waals surface area (Å²) >= 11 is 0. The number of aryl methyl sites for hydroxylation is 2. The van der Waals surface area contributed by atoms with Crippen LogP contribution in [0.25, 0.3) is 11.1 Å². The highest BCUT2D eigenvalue weighted by molar-refractivity contribution is 5.96. The summed E-state index contributed by atoms with van der Waals surface area (Å²) in [4.78, 5) is 32.8. The third kappa shape index (κ3) is 8.40. The van der Waals surface area contributed by atoms with Crippen LogP contribution in [0, 0.1) is 5.82 Å². The smallest absolute Gasteiger partial charge is 0.272 e. The summed E-state index contributed by atoms with van der Waals surface area (Å²) in [5.74, 6) is -0.575. The zero-order valence-corrected chi connectivity index (χ0v) is 29.2. The largest absolute Gasteiger partial charge is 0.508 e. The van der Waals surface area contributed by atoms with E-state index in [1.165, 1.54) is 0 Å². The molecule has 2 aromatic carbocycles. The fourth-order valence-corrected chi connectivity index (χ4v) is 7.66. The molecule has 4 N–H and O–H groups in total. The maximum absolute atomic E-state index is 14.4. The highest BCUT2D eigenvalue weighted by Crippen LogP contribution is 2.32. The molecule has 51 heavy (non-hydrogen) atoms. The highest BCUT2D eigenvalue weighted by Gasteiger charge is 2.27. The number of ether oxygens (including phenoxy) is 1. The van der Waals surface area contributed by atoms with Crippen molar-refractivity contribution in [3.05, 3.63) is 89.1 Å². The molecule has 7 rings (SSSR count). The lowest BCUT2D eigenvalue weighted by molar-refractivity contribution is 0.0887. The number of fused-ring (bicyclic) bond motifs is 1. The highest BCUT2D eigenvalue weighted by atomic mass is 19.1. The maximum Gasteiger partial charge on any atom is 0.272 e. The number of hydrogen-bond donors (Lipinski definition) is 4. The van der Waals surface area contributed by atoms with Gasteiger partial charge >= 0.3 is 0 Å². The van der Waals surface area contributed by atoms with Crippen molar-refractivity contribution in [1.29, 1.82) is 0 Å². The molecule has 12 heteroatoms. The van der Waals surface area contributed by atoms with Gasteiger partial charge in [-0.15, -0.1) is 0 Å². The number of phenols is 1. The first-order chi connectivity index (χ1) is 24.7. The Kier molecular flexibility index (Phi) is 10.3. The van der Waals surface area contributed by atoms with Gasteiger partial charge in [-0.3, -0.25) is 19.2 Å². The number of carbonyl (C=O) groups is 2. The zero-order valence-electron chi connectivity index (χ0n) is 29.2. The number of benzene rings is 2. The van der Waals surface area contributed by atoms with Crippen LogP contribution in [-0.2, 0) is 19.5 Å². The number of rotatable bonds is 9. The van der Waals surface area contributed by atoms with Gasteiger partial charge in [0.15, 0.2) is 0 Å². The average Bonchev–Trinajstić information content (AvgIpc) is 3.55.